The van der Waals surface area contributed by atoms with Gasteiger partial charge in [-0.3, -0.25) is 4.90 Å². The van der Waals surface area contributed by atoms with Gasteiger partial charge in [0.05, 0.1) is 17.5 Å². The van der Waals surface area contributed by atoms with Crippen LogP contribution >= 0.6 is 0 Å². The van der Waals surface area contributed by atoms with Crippen molar-refractivity contribution in [1.29, 1.82) is 0 Å². The molecule has 1 saturated heterocycles. The van der Waals surface area contributed by atoms with Gasteiger partial charge in [0.25, 0.3) is 0 Å². The van der Waals surface area contributed by atoms with E-state index in [4.69, 9.17) is 5.73 Å². The van der Waals surface area contributed by atoms with Crippen LogP contribution in [0.4, 0.5) is 11.4 Å². The van der Waals surface area contributed by atoms with E-state index >= 15 is 0 Å². The van der Waals surface area contributed by atoms with Gasteiger partial charge in [-0.1, -0.05) is 12.1 Å². The fraction of sp³-hybridized carbons (Fsp3) is 0.500. The molecule has 1 aromatic rings. The number of fused-ring (bicyclic) bond motifs is 1. The molecule has 0 bridgehead atoms. The smallest absolute Gasteiger partial charge is 0.159 e. The minimum Gasteiger partial charge on any atom is -0.351 e. The van der Waals surface area contributed by atoms with Gasteiger partial charge in [-0.05, 0) is 33.0 Å². The molecule has 0 saturated carbocycles. The number of nitrogens with zero attached hydrogens (tertiary/aromatic N) is 2. The Morgan fingerprint density at radius 3 is 2.24 bits per heavy atom. The molecule has 4 N–H and O–H groups in total. The Hall–Kier alpha value is -1.30. The Bertz CT molecular complexity index is 419. The lowest BCUT2D eigenvalue weighted by Crippen LogP contribution is -2.83. The van der Waals surface area contributed by atoms with Crippen LogP contribution in [0.15, 0.2) is 24.3 Å². The highest BCUT2D eigenvalue weighted by atomic mass is 15.7. The summed E-state index contributed by atoms with van der Waals surface area (Å²) in [5, 5.41) is 6.90. The molecule has 2 heterocycles. The van der Waals surface area contributed by atoms with E-state index in [0.717, 1.165) is 11.4 Å². The monoisotopic (exact) mass is 233 g/mol. The van der Waals surface area contributed by atoms with Crippen LogP contribution in [0, 0.1) is 0 Å². The predicted octanol–water partition coefficient (Wildman–Crippen LogP) is 1.03. The summed E-state index contributed by atoms with van der Waals surface area (Å²) >= 11 is 0. The minimum absolute atomic E-state index is 0.0635. The van der Waals surface area contributed by atoms with Crippen molar-refractivity contribution in [3.8, 4) is 0 Å². The summed E-state index contributed by atoms with van der Waals surface area (Å²) in [6, 6.07) is 8.21. The second kappa shape index (κ2) is 3.35. The van der Waals surface area contributed by atoms with Crippen molar-refractivity contribution >= 4 is 11.4 Å². The molecule has 5 nitrogen and oxygen atoms in total. The van der Waals surface area contributed by atoms with Gasteiger partial charge in [0, 0.05) is 0 Å². The molecule has 5 heteroatoms. The Balaban J connectivity index is 1.82. The highest BCUT2D eigenvalue weighted by molar-refractivity contribution is 5.74. The Kier molecular flexibility index (Phi) is 2.13. The topological polar surface area (TPSA) is 56.6 Å². The molecule has 2 aliphatic heterocycles. The Morgan fingerprint density at radius 2 is 1.76 bits per heavy atom. The van der Waals surface area contributed by atoms with Gasteiger partial charge in [-0.2, -0.15) is 0 Å². The highest BCUT2D eigenvalue weighted by Gasteiger charge is 2.52. The number of hydrogen-bond acceptors (Lipinski definition) is 5. The molecule has 17 heavy (non-hydrogen) atoms. The van der Waals surface area contributed by atoms with Crippen LogP contribution in [0.2, 0.25) is 0 Å². The number of benzene rings is 1. The first-order valence-corrected chi connectivity index (χ1v) is 5.94. The molecule has 0 spiro atoms. The maximum absolute atomic E-state index is 6.29. The quantitative estimate of drug-likeness (QED) is 0.676. The fourth-order valence-electron chi connectivity index (χ4n) is 2.75. The van der Waals surface area contributed by atoms with E-state index in [1.54, 1.807) is 0 Å². The van der Waals surface area contributed by atoms with E-state index in [1.807, 2.05) is 26.1 Å². The summed E-state index contributed by atoms with van der Waals surface area (Å²) in [7, 11) is 2.04. The van der Waals surface area contributed by atoms with Crippen LogP contribution in [-0.2, 0) is 0 Å². The van der Waals surface area contributed by atoms with Crippen molar-refractivity contribution < 1.29 is 0 Å². The highest BCUT2D eigenvalue weighted by Crippen LogP contribution is 2.37. The number of nitrogens with two attached hydrogens (primary N) is 1. The van der Waals surface area contributed by atoms with Crippen LogP contribution < -0.4 is 16.4 Å². The van der Waals surface area contributed by atoms with Crippen molar-refractivity contribution in [2.75, 3.05) is 17.7 Å². The lowest BCUT2D eigenvalue weighted by atomic mass is 10.1. The molecule has 3 rings (SSSR count). The van der Waals surface area contributed by atoms with Crippen LogP contribution in [0.25, 0.3) is 0 Å². The van der Waals surface area contributed by atoms with Gasteiger partial charge in [0.2, 0.25) is 0 Å². The third-order valence-electron chi connectivity index (χ3n) is 3.99. The molecule has 0 aliphatic carbocycles. The van der Waals surface area contributed by atoms with E-state index in [0.29, 0.717) is 6.17 Å². The second-order valence-electron chi connectivity index (χ2n) is 4.98. The Morgan fingerprint density at radius 1 is 1.24 bits per heavy atom. The van der Waals surface area contributed by atoms with Gasteiger partial charge in [0.15, 0.2) is 6.29 Å². The van der Waals surface area contributed by atoms with Gasteiger partial charge >= 0.3 is 0 Å². The molecule has 2 atom stereocenters. The van der Waals surface area contributed by atoms with Crippen molar-refractivity contribution in [2.24, 2.45) is 5.73 Å². The van der Waals surface area contributed by atoms with Crippen LogP contribution in [-0.4, -0.2) is 35.1 Å². The van der Waals surface area contributed by atoms with Crippen molar-refractivity contribution in [3.63, 3.8) is 0 Å². The average Bonchev–Trinajstić information content (AvgIpc) is 2.70. The normalized spacial score (nSPS) is 33.8. The van der Waals surface area contributed by atoms with Gasteiger partial charge < -0.3 is 16.4 Å². The average molecular weight is 233 g/mol. The van der Waals surface area contributed by atoms with Crippen molar-refractivity contribution in [1.82, 2.24) is 9.80 Å². The van der Waals surface area contributed by atoms with Crippen LogP contribution in [0.1, 0.15) is 13.8 Å². The third-order valence-corrected chi connectivity index (χ3v) is 3.99. The largest absolute Gasteiger partial charge is 0.351 e. The standard InChI is InChI=1S/C12H19N5/c1-8-16(3)12(2,13)17(8)11-14-9-6-4-5-7-10(9)15-11/h4-8,11,14-15H,13H2,1-3H3. The second-order valence-corrected chi connectivity index (χ2v) is 4.98. The molecule has 2 aliphatic rings. The number of nitrogens with one attached hydrogen (secondary N) is 2. The maximum Gasteiger partial charge on any atom is 0.159 e. The van der Waals surface area contributed by atoms with Gasteiger partial charge in [0.1, 0.15) is 5.79 Å². The van der Waals surface area contributed by atoms with E-state index in [1.165, 1.54) is 0 Å². The Labute approximate surface area is 102 Å². The molecule has 1 aromatic carbocycles. The molecule has 0 aromatic heterocycles. The third kappa shape index (κ3) is 1.36. The lowest BCUT2D eigenvalue weighted by Gasteiger charge is -2.62. The van der Waals surface area contributed by atoms with E-state index in [2.05, 4.69) is 39.5 Å². The summed E-state index contributed by atoms with van der Waals surface area (Å²) in [5.41, 5.74) is 8.55. The maximum atomic E-state index is 6.29. The first-order valence-electron chi connectivity index (χ1n) is 5.94. The number of anilines is 2. The van der Waals surface area contributed by atoms with E-state index < -0.39 is 5.79 Å². The van der Waals surface area contributed by atoms with Gasteiger partial charge in [-0.15, -0.1) is 0 Å². The van der Waals surface area contributed by atoms with Crippen LogP contribution in [0.5, 0.6) is 0 Å². The summed E-state index contributed by atoms with van der Waals surface area (Å²) in [4.78, 5) is 4.38. The molecular weight excluding hydrogens is 214 g/mol. The minimum atomic E-state index is -0.411. The summed E-state index contributed by atoms with van der Waals surface area (Å²) < 4.78 is 0. The molecule has 1 fully saturated rings. The zero-order valence-electron chi connectivity index (χ0n) is 10.4. The predicted molar refractivity (Wildman–Crippen MR) is 69.1 cm³/mol. The molecule has 92 valence electrons. The molecule has 2 unspecified atom stereocenters. The lowest BCUT2D eigenvalue weighted by molar-refractivity contribution is -0.228. The molecule has 0 radical (unpaired) electrons. The first-order chi connectivity index (χ1) is 8.01. The fourth-order valence-corrected chi connectivity index (χ4v) is 2.75. The summed E-state index contributed by atoms with van der Waals surface area (Å²) in [6.45, 7) is 4.18. The molecule has 0 amide bonds. The SMILES string of the molecule is CC1N(C)C(C)(N)N1C1Nc2ccccc2N1. The summed E-state index contributed by atoms with van der Waals surface area (Å²) in [6.07, 6.45) is 0.387. The summed E-state index contributed by atoms with van der Waals surface area (Å²) in [5.74, 6) is -0.411. The number of hydrogen-bond donors (Lipinski definition) is 3. The van der Waals surface area contributed by atoms with Gasteiger partial charge in [-0.25, -0.2) is 4.90 Å². The van der Waals surface area contributed by atoms with Crippen molar-refractivity contribution in [2.45, 2.75) is 32.1 Å². The van der Waals surface area contributed by atoms with Crippen molar-refractivity contribution in [3.05, 3.63) is 24.3 Å². The first kappa shape index (κ1) is 10.8. The van der Waals surface area contributed by atoms with E-state index in [-0.39, 0.29) is 6.29 Å². The number of para-hydroxylation sites is 2. The molecular formula is C12H19N5. The number of rotatable bonds is 1. The zero-order chi connectivity index (χ0) is 12.2. The van der Waals surface area contributed by atoms with Crippen LogP contribution in [0.3, 0.4) is 0 Å². The van der Waals surface area contributed by atoms with E-state index in [9.17, 15) is 0 Å². The zero-order valence-corrected chi connectivity index (χ0v) is 10.4.